The number of furan rings is 1. The van der Waals surface area contributed by atoms with Crippen molar-refractivity contribution in [2.75, 3.05) is 33.9 Å². The van der Waals surface area contributed by atoms with Gasteiger partial charge in [-0.3, -0.25) is 9.59 Å². The first-order valence-corrected chi connectivity index (χ1v) is 6.06. The van der Waals surface area contributed by atoms with Crippen LogP contribution in [0.5, 0.6) is 0 Å². The van der Waals surface area contributed by atoms with Crippen LogP contribution in [-0.2, 0) is 14.3 Å². The van der Waals surface area contributed by atoms with Crippen LogP contribution in [0.2, 0.25) is 5.22 Å². The van der Waals surface area contributed by atoms with Crippen LogP contribution < -0.4 is 0 Å². The van der Waals surface area contributed by atoms with E-state index in [-0.39, 0.29) is 35.8 Å². The molecule has 1 heterocycles. The maximum Gasteiger partial charge on any atom is 0.307 e. The third kappa shape index (κ3) is 4.92. The lowest BCUT2D eigenvalue weighted by Gasteiger charge is -2.20. The van der Waals surface area contributed by atoms with Gasteiger partial charge in [0.1, 0.15) is 0 Å². The Morgan fingerprint density at radius 1 is 1.32 bits per heavy atom. The first-order chi connectivity index (χ1) is 9.08. The predicted molar refractivity (Wildman–Crippen MR) is 68.1 cm³/mol. The fourth-order valence-corrected chi connectivity index (χ4v) is 1.58. The molecule has 6 nitrogen and oxygen atoms in total. The molecule has 7 heteroatoms. The predicted octanol–water partition coefficient (Wildman–Crippen LogP) is 1.58. The van der Waals surface area contributed by atoms with E-state index in [2.05, 4.69) is 4.74 Å². The van der Waals surface area contributed by atoms with Crippen LogP contribution >= 0.6 is 11.6 Å². The fraction of sp³-hybridized carbons (Fsp3) is 0.500. The summed E-state index contributed by atoms with van der Waals surface area (Å²) in [7, 11) is 2.84. The fourth-order valence-electron chi connectivity index (χ4n) is 1.43. The number of amides is 1. The maximum atomic E-state index is 12.1. The van der Waals surface area contributed by atoms with E-state index in [1.807, 2.05) is 0 Å². The molecule has 0 bridgehead atoms. The molecule has 0 fully saturated rings. The molecule has 1 rings (SSSR count). The Morgan fingerprint density at radius 2 is 2.05 bits per heavy atom. The first-order valence-electron chi connectivity index (χ1n) is 5.69. The molecule has 0 unspecified atom stereocenters. The highest BCUT2D eigenvalue weighted by molar-refractivity contribution is 6.29. The normalized spacial score (nSPS) is 10.3. The maximum absolute atomic E-state index is 12.1. The van der Waals surface area contributed by atoms with Gasteiger partial charge in [0, 0.05) is 20.2 Å². The van der Waals surface area contributed by atoms with E-state index in [0.29, 0.717) is 13.2 Å². The molecule has 0 spiro atoms. The average Bonchev–Trinajstić information content (AvgIpc) is 2.84. The van der Waals surface area contributed by atoms with Crippen LogP contribution in [0.4, 0.5) is 0 Å². The SMILES string of the molecule is COCCN(CCC(=O)OC)C(=O)c1ccc(Cl)o1. The molecule has 1 amide bonds. The molecule has 0 aliphatic heterocycles. The minimum Gasteiger partial charge on any atom is -0.469 e. The highest BCUT2D eigenvalue weighted by atomic mass is 35.5. The second-order valence-corrected chi connectivity index (χ2v) is 4.09. The summed E-state index contributed by atoms with van der Waals surface area (Å²) in [4.78, 5) is 24.7. The average molecular weight is 290 g/mol. The summed E-state index contributed by atoms with van der Waals surface area (Å²) in [6.07, 6.45) is 0.112. The molecular formula is C12H16ClNO5. The molecule has 0 saturated carbocycles. The summed E-state index contributed by atoms with van der Waals surface area (Å²) in [6.45, 7) is 0.944. The van der Waals surface area contributed by atoms with Crippen LogP contribution in [0.1, 0.15) is 17.0 Å². The second kappa shape index (κ2) is 7.81. The van der Waals surface area contributed by atoms with Crippen molar-refractivity contribution >= 4 is 23.5 Å². The van der Waals surface area contributed by atoms with Gasteiger partial charge in [-0.25, -0.2) is 0 Å². The highest BCUT2D eigenvalue weighted by Gasteiger charge is 2.19. The lowest BCUT2D eigenvalue weighted by Crippen LogP contribution is -2.35. The molecule has 0 aliphatic rings. The first kappa shape index (κ1) is 15.5. The van der Waals surface area contributed by atoms with Gasteiger partial charge in [0.15, 0.2) is 11.0 Å². The zero-order valence-corrected chi connectivity index (χ0v) is 11.6. The number of carbonyl (C=O) groups excluding carboxylic acids is 2. The van der Waals surface area contributed by atoms with Gasteiger partial charge < -0.3 is 18.8 Å². The van der Waals surface area contributed by atoms with Crippen molar-refractivity contribution in [2.24, 2.45) is 0 Å². The Balaban J connectivity index is 2.66. The van der Waals surface area contributed by atoms with Crippen molar-refractivity contribution in [3.05, 3.63) is 23.1 Å². The molecule has 0 aliphatic carbocycles. The lowest BCUT2D eigenvalue weighted by atomic mass is 10.3. The van der Waals surface area contributed by atoms with Crippen LogP contribution in [0, 0.1) is 0 Å². The minimum atomic E-state index is -0.382. The number of esters is 1. The quantitative estimate of drug-likeness (QED) is 0.713. The van der Waals surface area contributed by atoms with Crippen molar-refractivity contribution in [1.82, 2.24) is 4.90 Å². The third-order valence-corrected chi connectivity index (χ3v) is 2.65. The van der Waals surface area contributed by atoms with Gasteiger partial charge in [-0.05, 0) is 23.7 Å². The van der Waals surface area contributed by atoms with Gasteiger partial charge in [0.2, 0.25) is 0 Å². The van der Waals surface area contributed by atoms with Gasteiger partial charge in [-0.15, -0.1) is 0 Å². The van der Waals surface area contributed by atoms with Crippen molar-refractivity contribution in [3.8, 4) is 0 Å². The minimum absolute atomic E-state index is 0.112. The van der Waals surface area contributed by atoms with E-state index in [4.69, 9.17) is 20.8 Å². The number of rotatable bonds is 7. The largest absolute Gasteiger partial charge is 0.469 e. The van der Waals surface area contributed by atoms with E-state index in [1.165, 1.54) is 31.3 Å². The van der Waals surface area contributed by atoms with E-state index in [0.717, 1.165) is 0 Å². The number of ether oxygens (including phenoxy) is 2. The standard InChI is InChI=1S/C12H16ClNO5/c1-17-8-7-14(6-5-11(15)18-2)12(16)9-3-4-10(13)19-9/h3-4H,5-8H2,1-2H3. The van der Waals surface area contributed by atoms with Crippen molar-refractivity contribution in [1.29, 1.82) is 0 Å². The molecule has 1 aromatic rings. The zero-order valence-electron chi connectivity index (χ0n) is 10.8. The highest BCUT2D eigenvalue weighted by Crippen LogP contribution is 2.15. The van der Waals surface area contributed by atoms with Gasteiger partial charge in [0.05, 0.1) is 20.1 Å². The summed E-state index contributed by atoms with van der Waals surface area (Å²) < 4.78 is 14.5. The van der Waals surface area contributed by atoms with Crippen molar-refractivity contribution < 1.29 is 23.5 Å². The van der Waals surface area contributed by atoms with Gasteiger partial charge >= 0.3 is 5.97 Å². The Hall–Kier alpha value is -1.53. The summed E-state index contributed by atoms with van der Waals surface area (Å²) >= 11 is 5.63. The molecule has 0 N–H and O–H groups in total. The third-order valence-electron chi connectivity index (χ3n) is 2.45. The zero-order chi connectivity index (χ0) is 14.3. The number of methoxy groups -OCH3 is 2. The van der Waals surface area contributed by atoms with Crippen LogP contribution in [-0.4, -0.2) is 50.7 Å². The Bertz CT molecular complexity index is 432. The molecular weight excluding hydrogens is 274 g/mol. The van der Waals surface area contributed by atoms with E-state index in [1.54, 1.807) is 0 Å². The number of halogens is 1. The molecule has 0 aromatic carbocycles. The van der Waals surface area contributed by atoms with Gasteiger partial charge in [-0.2, -0.15) is 0 Å². The van der Waals surface area contributed by atoms with E-state index >= 15 is 0 Å². The topological polar surface area (TPSA) is 69.0 Å². The molecule has 19 heavy (non-hydrogen) atoms. The molecule has 1 aromatic heterocycles. The molecule has 0 radical (unpaired) electrons. The number of carbonyl (C=O) groups is 2. The van der Waals surface area contributed by atoms with Crippen molar-refractivity contribution in [3.63, 3.8) is 0 Å². The van der Waals surface area contributed by atoms with Crippen LogP contribution in [0.15, 0.2) is 16.5 Å². The van der Waals surface area contributed by atoms with E-state index in [9.17, 15) is 9.59 Å². The molecule has 0 saturated heterocycles. The summed E-state index contributed by atoms with van der Waals surface area (Å²) in [5.74, 6) is -0.591. The van der Waals surface area contributed by atoms with Gasteiger partial charge in [-0.1, -0.05) is 0 Å². The number of hydrogen-bond acceptors (Lipinski definition) is 5. The summed E-state index contributed by atoms with van der Waals surface area (Å²) in [6, 6.07) is 2.98. The lowest BCUT2D eigenvalue weighted by molar-refractivity contribution is -0.140. The Morgan fingerprint density at radius 3 is 2.58 bits per heavy atom. The van der Waals surface area contributed by atoms with Crippen LogP contribution in [0.25, 0.3) is 0 Å². The number of nitrogens with zero attached hydrogens (tertiary/aromatic N) is 1. The summed E-state index contributed by atoms with van der Waals surface area (Å²) in [5.41, 5.74) is 0. The van der Waals surface area contributed by atoms with Crippen LogP contribution in [0.3, 0.4) is 0 Å². The number of hydrogen-bond donors (Lipinski definition) is 0. The van der Waals surface area contributed by atoms with Gasteiger partial charge in [0.25, 0.3) is 5.91 Å². The molecule has 0 atom stereocenters. The van der Waals surface area contributed by atoms with E-state index < -0.39 is 0 Å². The second-order valence-electron chi connectivity index (χ2n) is 3.71. The smallest absolute Gasteiger partial charge is 0.307 e. The molecule has 106 valence electrons. The Labute approximate surface area is 116 Å². The van der Waals surface area contributed by atoms with Crippen molar-refractivity contribution in [2.45, 2.75) is 6.42 Å². The summed E-state index contributed by atoms with van der Waals surface area (Å²) in [5, 5.41) is 0.142. The monoisotopic (exact) mass is 289 g/mol. The Kier molecular flexibility index (Phi) is 6.38.